The van der Waals surface area contributed by atoms with E-state index in [-0.39, 0.29) is 21.9 Å². The van der Waals surface area contributed by atoms with Gasteiger partial charge in [0.05, 0.1) is 22.6 Å². The number of hydrogen-bond donors (Lipinski definition) is 0. The predicted molar refractivity (Wildman–Crippen MR) is 176 cm³/mol. The molecular formula is C33H56O4P2Si. The van der Waals surface area contributed by atoms with Crippen LogP contribution in [0, 0.1) is 16.7 Å². The highest BCUT2D eigenvalue weighted by molar-refractivity contribution is 7.19. The minimum Gasteiger partial charge on any atom is -0.550 e. The Morgan fingerprint density at radius 3 is 2.08 bits per heavy atom. The fraction of sp³-hybridized carbons (Fsp3) is 0.758. The summed E-state index contributed by atoms with van der Waals surface area (Å²) in [5, 5.41) is -0.756. The highest BCUT2D eigenvalue weighted by Gasteiger charge is 2.79. The average molecular weight is 607 g/mol. The van der Waals surface area contributed by atoms with Gasteiger partial charge in [-0.2, -0.15) is 0 Å². The van der Waals surface area contributed by atoms with Crippen molar-refractivity contribution < 1.29 is 18.6 Å². The minimum absolute atomic E-state index is 0.0105. The summed E-state index contributed by atoms with van der Waals surface area (Å²) in [6.45, 7) is 31.8. The molecule has 4 nitrogen and oxygen atoms in total. The van der Waals surface area contributed by atoms with Crippen LogP contribution in [-0.4, -0.2) is 31.1 Å². The van der Waals surface area contributed by atoms with Crippen molar-refractivity contribution in [2.45, 2.75) is 142 Å². The molecule has 4 heterocycles. The first kappa shape index (κ1) is 32.6. The molecule has 4 fully saturated rings. The second kappa shape index (κ2) is 9.36. The quantitative estimate of drug-likeness (QED) is 0.184. The lowest BCUT2D eigenvalue weighted by atomic mass is 9.54. The molecule has 0 saturated carbocycles. The molecule has 8 unspecified atom stereocenters. The van der Waals surface area contributed by atoms with Crippen molar-refractivity contribution in [3.63, 3.8) is 0 Å². The second-order valence-electron chi connectivity index (χ2n) is 16.5. The van der Waals surface area contributed by atoms with E-state index in [0.717, 1.165) is 6.42 Å². The van der Waals surface area contributed by atoms with Crippen LogP contribution in [0.15, 0.2) is 30.5 Å². The van der Waals surface area contributed by atoms with Crippen LogP contribution in [0.2, 0.25) is 19.6 Å². The third kappa shape index (κ3) is 4.64. The summed E-state index contributed by atoms with van der Waals surface area (Å²) in [5.41, 5.74) is 2.75. The van der Waals surface area contributed by atoms with Crippen LogP contribution in [0.5, 0.6) is 0 Å². The molecule has 40 heavy (non-hydrogen) atoms. The van der Waals surface area contributed by atoms with Crippen molar-refractivity contribution >= 4 is 26.8 Å². The fourth-order valence-electron chi connectivity index (χ4n) is 8.33. The van der Waals surface area contributed by atoms with E-state index >= 15 is 0 Å². The molecule has 0 aromatic heterocycles. The van der Waals surface area contributed by atoms with Crippen molar-refractivity contribution in [3.05, 3.63) is 47.2 Å². The molecule has 4 aliphatic heterocycles. The van der Waals surface area contributed by atoms with Crippen molar-refractivity contribution in [1.82, 2.24) is 0 Å². The van der Waals surface area contributed by atoms with E-state index in [1.807, 2.05) is 6.26 Å². The lowest BCUT2D eigenvalue weighted by Gasteiger charge is -2.76. The molecule has 4 aliphatic rings. The summed E-state index contributed by atoms with van der Waals surface area (Å²) in [6, 6.07) is 7.11. The summed E-state index contributed by atoms with van der Waals surface area (Å²) in [5.74, 6) is -1.38. The van der Waals surface area contributed by atoms with Gasteiger partial charge in [0.15, 0.2) is 11.6 Å². The predicted octanol–water partition coefficient (Wildman–Crippen LogP) is 8.89. The van der Waals surface area contributed by atoms with Crippen LogP contribution >= 0.6 is 18.5 Å². The Morgan fingerprint density at radius 2 is 1.55 bits per heavy atom. The first-order valence-electron chi connectivity index (χ1n) is 14.9. The highest BCUT2D eigenvalue weighted by atomic mass is 31.0. The second-order valence-corrected chi connectivity index (χ2v) is 22.7. The zero-order valence-corrected chi connectivity index (χ0v) is 31.0. The Morgan fingerprint density at radius 1 is 0.975 bits per heavy atom. The largest absolute Gasteiger partial charge is 0.550 e. The van der Waals surface area contributed by atoms with Crippen molar-refractivity contribution in [3.8, 4) is 0 Å². The summed E-state index contributed by atoms with van der Waals surface area (Å²) in [6.07, 6.45) is 5.54. The highest BCUT2D eigenvalue weighted by Crippen LogP contribution is 2.73. The molecular weight excluding hydrogens is 550 g/mol. The summed E-state index contributed by atoms with van der Waals surface area (Å²) < 4.78 is 26.6. The van der Waals surface area contributed by atoms with E-state index in [4.69, 9.17) is 18.6 Å². The number of benzene rings is 1. The van der Waals surface area contributed by atoms with Crippen LogP contribution in [0.4, 0.5) is 0 Å². The first-order valence-corrected chi connectivity index (χ1v) is 19.5. The number of rotatable bonds is 6. The van der Waals surface area contributed by atoms with E-state index in [1.165, 1.54) is 16.7 Å². The van der Waals surface area contributed by atoms with Gasteiger partial charge in [-0.05, 0) is 87.4 Å². The van der Waals surface area contributed by atoms with Gasteiger partial charge in [0.1, 0.15) is 0 Å². The maximum atomic E-state index is 7.04. The molecule has 5 rings (SSSR count). The summed E-state index contributed by atoms with van der Waals surface area (Å²) >= 11 is 0. The van der Waals surface area contributed by atoms with Gasteiger partial charge in [-0.15, -0.1) is 18.5 Å². The van der Waals surface area contributed by atoms with Crippen LogP contribution in [-0.2, 0) is 35.4 Å². The standard InChI is InChI=1S/C33H56O4P2Si/c1-22-30(10)33(39,28(8)21-29(9,36-30)37-31(22,11)35-28)24-18-17-23(16-15-19-34-40(12,13)14)20-25(24)32(38,26(2,3)4)27(5,6)7/h15,17-20,22H,16,21,38-39H2,1-14H3. The smallest absolute Gasteiger partial charge is 0.241 e. The topological polar surface area (TPSA) is 36.9 Å². The molecule has 0 radical (unpaired) electrons. The monoisotopic (exact) mass is 606 g/mol. The Hall–Kier alpha value is -0.283. The van der Waals surface area contributed by atoms with Crippen molar-refractivity contribution in [2.24, 2.45) is 16.7 Å². The van der Waals surface area contributed by atoms with Gasteiger partial charge in [0.25, 0.3) is 0 Å². The molecule has 8 atom stereocenters. The molecule has 7 heteroatoms. The minimum atomic E-state index is -1.61. The molecule has 226 valence electrons. The van der Waals surface area contributed by atoms with Crippen LogP contribution in [0.3, 0.4) is 0 Å². The third-order valence-electron chi connectivity index (χ3n) is 10.3. The lowest BCUT2D eigenvalue weighted by Crippen LogP contribution is -2.85. The van der Waals surface area contributed by atoms with Gasteiger partial charge in [-0.3, -0.25) is 0 Å². The Kier molecular flexibility index (Phi) is 7.63. The maximum absolute atomic E-state index is 7.04. The van der Waals surface area contributed by atoms with Gasteiger partial charge in [0.2, 0.25) is 8.32 Å². The zero-order chi connectivity index (χ0) is 30.6. The van der Waals surface area contributed by atoms with Gasteiger partial charge < -0.3 is 18.6 Å². The van der Waals surface area contributed by atoms with Gasteiger partial charge in [-0.25, -0.2) is 0 Å². The van der Waals surface area contributed by atoms with Crippen molar-refractivity contribution in [2.75, 3.05) is 0 Å². The van der Waals surface area contributed by atoms with Crippen molar-refractivity contribution in [1.29, 1.82) is 0 Å². The SMILES string of the molecule is CC1C2(C)OC3(C)CC(C)(O2)C(P)(c2ccc(CC=CO[Si](C)(C)C)cc2C(P)(C(C)(C)C)C(C)(C)C)C1(C)O3. The zero-order valence-electron chi connectivity index (χ0n) is 27.7. The van der Waals surface area contributed by atoms with E-state index in [1.54, 1.807) is 0 Å². The molecule has 1 aromatic carbocycles. The molecule has 0 spiro atoms. The molecule has 0 amide bonds. The number of allylic oxidation sites excluding steroid dienone is 1. The van der Waals surface area contributed by atoms with Crippen LogP contribution in [0.1, 0.15) is 99.3 Å². The van der Waals surface area contributed by atoms with E-state index in [2.05, 4.69) is 139 Å². The molecule has 1 aromatic rings. The maximum Gasteiger partial charge on any atom is 0.241 e. The average Bonchev–Trinajstić information content (AvgIpc) is 2.75. The number of ether oxygens (including phenoxy) is 3. The first-order chi connectivity index (χ1) is 17.8. The van der Waals surface area contributed by atoms with Crippen LogP contribution < -0.4 is 0 Å². The van der Waals surface area contributed by atoms with E-state index < -0.39 is 36.2 Å². The van der Waals surface area contributed by atoms with Gasteiger partial charge in [-0.1, -0.05) is 66.7 Å². The van der Waals surface area contributed by atoms with Gasteiger partial charge >= 0.3 is 0 Å². The Balaban J connectivity index is 1.98. The van der Waals surface area contributed by atoms with Gasteiger partial charge in [0, 0.05) is 17.5 Å². The third-order valence-corrected chi connectivity index (χ3v) is 14.7. The number of hydrogen-bond acceptors (Lipinski definition) is 4. The molecule has 0 N–H and O–H groups in total. The van der Waals surface area contributed by atoms with E-state index in [0.29, 0.717) is 6.42 Å². The summed E-state index contributed by atoms with van der Waals surface area (Å²) in [4.78, 5) is 0. The summed E-state index contributed by atoms with van der Waals surface area (Å²) in [7, 11) is 5.03. The van der Waals surface area contributed by atoms with E-state index in [9.17, 15) is 0 Å². The van der Waals surface area contributed by atoms with Crippen LogP contribution in [0.25, 0.3) is 0 Å². The molecule has 4 saturated heterocycles. The normalized spacial score (nSPS) is 38.4. The fourth-order valence-corrected chi connectivity index (χ4v) is 9.79. The lowest BCUT2D eigenvalue weighted by molar-refractivity contribution is -0.542. The Bertz CT molecular complexity index is 1180. The molecule has 0 aliphatic carbocycles. The molecule has 4 bridgehead atoms. The Labute approximate surface area is 250 Å².